The maximum Gasteiger partial charge on any atom is 0.179 e. The van der Waals surface area contributed by atoms with E-state index in [9.17, 15) is 0 Å². The van der Waals surface area contributed by atoms with Crippen LogP contribution in [0.1, 0.15) is 11.1 Å². The first kappa shape index (κ1) is 14.5. The molecule has 2 aromatic carbocycles. The van der Waals surface area contributed by atoms with E-state index < -0.39 is 0 Å². The molecule has 0 heterocycles. The van der Waals surface area contributed by atoms with Crippen molar-refractivity contribution < 1.29 is 9.47 Å². The molecule has 0 unspecified atom stereocenters. The van der Waals surface area contributed by atoms with Crippen LogP contribution in [-0.4, -0.2) is 7.11 Å². The van der Waals surface area contributed by atoms with Crippen LogP contribution in [0.25, 0.3) is 0 Å². The average molecular weight is 308 g/mol. The van der Waals surface area contributed by atoms with E-state index in [0.29, 0.717) is 27.1 Å². The highest BCUT2D eigenvalue weighted by Crippen LogP contribution is 2.31. The van der Waals surface area contributed by atoms with Gasteiger partial charge in [0.2, 0.25) is 0 Å². The summed E-state index contributed by atoms with van der Waals surface area (Å²) in [4.78, 5) is 0. The molecule has 0 aromatic heterocycles. The van der Waals surface area contributed by atoms with Crippen LogP contribution in [0.5, 0.6) is 11.5 Å². The molecule has 0 aliphatic carbocycles. The summed E-state index contributed by atoms with van der Waals surface area (Å²) in [6.07, 6.45) is 0. The topological polar surface area (TPSA) is 42.2 Å². The Balaban J connectivity index is 2.22. The highest BCUT2D eigenvalue weighted by molar-refractivity contribution is 6.42. The van der Waals surface area contributed by atoms with E-state index in [2.05, 4.69) is 6.07 Å². The third-order valence-electron chi connectivity index (χ3n) is 2.69. The molecule has 0 radical (unpaired) electrons. The third kappa shape index (κ3) is 3.16. The molecular weight excluding hydrogens is 297 g/mol. The Morgan fingerprint density at radius 3 is 2.60 bits per heavy atom. The van der Waals surface area contributed by atoms with Gasteiger partial charge in [-0.3, -0.25) is 0 Å². The van der Waals surface area contributed by atoms with E-state index in [1.807, 2.05) is 6.07 Å². The molecule has 0 fully saturated rings. The van der Waals surface area contributed by atoms with Crippen molar-refractivity contribution in [2.75, 3.05) is 7.11 Å². The van der Waals surface area contributed by atoms with Crippen molar-refractivity contribution in [1.82, 2.24) is 0 Å². The summed E-state index contributed by atoms with van der Waals surface area (Å²) in [7, 11) is 1.53. The number of methoxy groups -OCH3 is 1. The van der Waals surface area contributed by atoms with Crippen LogP contribution >= 0.6 is 23.2 Å². The number of hydrogen-bond donors (Lipinski definition) is 0. The number of nitrogens with zero attached hydrogens (tertiary/aromatic N) is 1. The fraction of sp³-hybridized carbons (Fsp3) is 0.133. The van der Waals surface area contributed by atoms with Crippen LogP contribution < -0.4 is 9.47 Å². The molecule has 0 saturated carbocycles. The first-order chi connectivity index (χ1) is 9.65. The summed E-state index contributed by atoms with van der Waals surface area (Å²) < 4.78 is 10.9. The number of ether oxygens (including phenoxy) is 2. The van der Waals surface area contributed by atoms with Gasteiger partial charge in [0.15, 0.2) is 11.5 Å². The van der Waals surface area contributed by atoms with Gasteiger partial charge >= 0.3 is 0 Å². The van der Waals surface area contributed by atoms with Gasteiger partial charge in [-0.2, -0.15) is 5.26 Å². The summed E-state index contributed by atoms with van der Waals surface area (Å²) >= 11 is 11.8. The zero-order valence-electron chi connectivity index (χ0n) is 10.7. The van der Waals surface area contributed by atoms with Crippen LogP contribution in [0.2, 0.25) is 10.0 Å². The maximum absolute atomic E-state index is 9.09. The monoisotopic (exact) mass is 307 g/mol. The summed E-state index contributed by atoms with van der Waals surface area (Å²) in [6.45, 7) is 0.270. The number of benzene rings is 2. The molecule has 0 atom stereocenters. The average Bonchev–Trinajstić information content (AvgIpc) is 2.48. The van der Waals surface area contributed by atoms with Gasteiger partial charge in [-0.15, -0.1) is 0 Å². The molecule has 0 aliphatic rings. The normalized spacial score (nSPS) is 9.90. The number of halogens is 2. The largest absolute Gasteiger partial charge is 0.493 e. The fourth-order valence-electron chi connectivity index (χ4n) is 1.70. The van der Waals surface area contributed by atoms with Gasteiger partial charge in [0.25, 0.3) is 0 Å². The van der Waals surface area contributed by atoms with Gasteiger partial charge in [-0.25, -0.2) is 0 Å². The molecule has 2 aromatic rings. The molecule has 20 heavy (non-hydrogen) atoms. The van der Waals surface area contributed by atoms with Gasteiger partial charge in [0, 0.05) is 0 Å². The van der Waals surface area contributed by atoms with Crippen molar-refractivity contribution in [3.63, 3.8) is 0 Å². The number of rotatable bonds is 4. The van der Waals surface area contributed by atoms with E-state index >= 15 is 0 Å². The van der Waals surface area contributed by atoms with Crippen molar-refractivity contribution in [3.8, 4) is 17.6 Å². The second-order valence-corrected chi connectivity index (χ2v) is 4.80. The lowest BCUT2D eigenvalue weighted by molar-refractivity contribution is 0.283. The molecule has 0 saturated heterocycles. The lowest BCUT2D eigenvalue weighted by atomic mass is 10.2. The zero-order chi connectivity index (χ0) is 14.5. The molecule has 2 rings (SSSR count). The first-order valence-corrected chi connectivity index (χ1v) is 6.55. The summed E-state index contributed by atoms with van der Waals surface area (Å²) in [5.74, 6) is 0.938. The quantitative estimate of drug-likeness (QED) is 0.838. The van der Waals surface area contributed by atoms with E-state index in [4.69, 9.17) is 37.9 Å². The van der Waals surface area contributed by atoms with Crippen molar-refractivity contribution in [2.45, 2.75) is 6.61 Å². The van der Waals surface area contributed by atoms with Gasteiger partial charge in [-0.1, -0.05) is 35.3 Å². The predicted octanol–water partition coefficient (Wildman–Crippen LogP) is 4.45. The fourth-order valence-corrected chi connectivity index (χ4v) is 2.02. The van der Waals surface area contributed by atoms with E-state index in [1.54, 1.807) is 30.3 Å². The lowest BCUT2D eigenvalue weighted by Gasteiger charge is -2.12. The Bertz CT molecular complexity index is 665. The summed E-state index contributed by atoms with van der Waals surface area (Å²) in [5, 5.41) is 10.0. The predicted molar refractivity (Wildman–Crippen MR) is 78.5 cm³/mol. The Morgan fingerprint density at radius 2 is 1.95 bits per heavy atom. The second-order valence-electron chi connectivity index (χ2n) is 3.99. The minimum Gasteiger partial charge on any atom is -0.493 e. The molecule has 102 valence electrons. The van der Waals surface area contributed by atoms with Crippen molar-refractivity contribution >= 4 is 23.2 Å². The Morgan fingerprint density at radius 1 is 1.15 bits per heavy atom. The molecule has 0 N–H and O–H groups in total. The van der Waals surface area contributed by atoms with E-state index in [0.717, 1.165) is 5.56 Å². The maximum atomic E-state index is 9.09. The Labute approximate surface area is 127 Å². The molecule has 0 bridgehead atoms. The molecular formula is C15H11Cl2NO2. The van der Waals surface area contributed by atoms with E-state index in [1.165, 1.54) is 7.11 Å². The van der Waals surface area contributed by atoms with Crippen LogP contribution in [0.3, 0.4) is 0 Å². The SMILES string of the molecule is COc1cccc(C#N)c1OCc1ccc(Cl)c(Cl)c1. The van der Waals surface area contributed by atoms with Crippen molar-refractivity contribution in [1.29, 1.82) is 5.26 Å². The van der Waals surface area contributed by atoms with Gasteiger partial charge < -0.3 is 9.47 Å². The highest BCUT2D eigenvalue weighted by atomic mass is 35.5. The molecule has 5 heteroatoms. The molecule has 3 nitrogen and oxygen atoms in total. The number of nitriles is 1. The minimum absolute atomic E-state index is 0.270. The standard InChI is InChI=1S/C15H11Cl2NO2/c1-19-14-4-2-3-11(8-18)15(14)20-9-10-5-6-12(16)13(17)7-10/h2-7H,9H2,1H3. The molecule has 0 amide bonds. The van der Waals surface area contributed by atoms with Gasteiger partial charge in [-0.05, 0) is 29.8 Å². The zero-order valence-corrected chi connectivity index (χ0v) is 12.2. The summed E-state index contributed by atoms with van der Waals surface area (Å²) in [6, 6.07) is 12.5. The van der Waals surface area contributed by atoms with Crippen LogP contribution in [0, 0.1) is 11.3 Å². The van der Waals surface area contributed by atoms with Crippen LogP contribution in [0.15, 0.2) is 36.4 Å². The van der Waals surface area contributed by atoms with Gasteiger partial charge in [0.05, 0.1) is 22.7 Å². The number of hydrogen-bond acceptors (Lipinski definition) is 3. The Kier molecular flexibility index (Phi) is 4.73. The van der Waals surface area contributed by atoms with Crippen LogP contribution in [-0.2, 0) is 6.61 Å². The number of para-hydroxylation sites is 1. The smallest absolute Gasteiger partial charge is 0.179 e. The van der Waals surface area contributed by atoms with Crippen LogP contribution in [0.4, 0.5) is 0 Å². The lowest BCUT2D eigenvalue weighted by Crippen LogP contribution is -1.99. The second kappa shape index (κ2) is 6.51. The third-order valence-corrected chi connectivity index (χ3v) is 3.43. The molecule has 0 aliphatic heterocycles. The van der Waals surface area contributed by atoms with Crippen molar-refractivity contribution in [3.05, 3.63) is 57.6 Å². The summed E-state index contributed by atoms with van der Waals surface area (Å²) in [5.41, 5.74) is 1.28. The van der Waals surface area contributed by atoms with Crippen molar-refractivity contribution in [2.24, 2.45) is 0 Å². The molecule has 0 spiro atoms. The van der Waals surface area contributed by atoms with Gasteiger partial charge in [0.1, 0.15) is 12.7 Å². The minimum atomic E-state index is 0.270. The Hall–Kier alpha value is -1.89. The first-order valence-electron chi connectivity index (χ1n) is 5.79. The highest BCUT2D eigenvalue weighted by Gasteiger charge is 2.10. The van der Waals surface area contributed by atoms with E-state index in [-0.39, 0.29) is 6.61 Å².